The number of hydrogen-bond donors (Lipinski definition) is 2. The van der Waals surface area contributed by atoms with Crippen molar-refractivity contribution in [1.82, 2.24) is 9.97 Å². The third kappa shape index (κ3) is 1.26. The van der Waals surface area contributed by atoms with Crippen molar-refractivity contribution in [3.05, 3.63) is 12.0 Å². The van der Waals surface area contributed by atoms with E-state index in [1.807, 2.05) is 0 Å². The smallest absolute Gasteiger partial charge is 0.162 e. The van der Waals surface area contributed by atoms with E-state index in [1.54, 1.807) is 0 Å². The Labute approximate surface area is 58.5 Å². The van der Waals surface area contributed by atoms with Gasteiger partial charge in [0.15, 0.2) is 5.67 Å². The van der Waals surface area contributed by atoms with Crippen LogP contribution in [0.5, 0.6) is 0 Å². The van der Waals surface area contributed by atoms with Gasteiger partial charge in [-0.25, -0.2) is 9.37 Å². The molecular weight excluding hydrogens is 133 g/mol. The lowest BCUT2D eigenvalue weighted by atomic mass is 10.2. The van der Waals surface area contributed by atoms with Crippen LogP contribution in [0, 0.1) is 0 Å². The Hall–Kier alpha value is -1.06. The molecule has 1 aromatic rings. The molecule has 0 aromatic carbocycles. The summed E-state index contributed by atoms with van der Waals surface area (Å²) in [6, 6.07) is 0. The van der Waals surface area contributed by atoms with Crippen molar-refractivity contribution in [2.75, 3.05) is 5.73 Å². The zero-order valence-corrected chi connectivity index (χ0v) is 5.98. The molecule has 0 atom stereocenters. The fourth-order valence-corrected chi connectivity index (χ4v) is 0.637. The molecule has 1 rings (SSSR count). The van der Waals surface area contributed by atoms with Gasteiger partial charge in [-0.2, -0.15) is 0 Å². The van der Waals surface area contributed by atoms with Crippen LogP contribution in [0.15, 0.2) is 6.20 Å². The van der Waals surface area contributed by atoms with Crippen molar-refractivity contribution in [3.8, 4) is 0 Å². The summed E-state index contributed by atoms with van der Waals surface area (Å²) >= 11 is 0. The van der Waals surface area contributed by atoms with Gasteiger partial charge >= 0.3 is 0 Å². The molecule has 0 aliphatic heterocycles. The Morgan fingerprint density at radius 3 is 2.50 bits per heavy atom. The highest BCUT2D eigenvalue weighted by Crippen LogP contribution is 2.21. The predicted molar refractivity (Wildman–Crippen MR) is 37.1 cm³/mol. The van der Waals surface area contributed by atoms with Crippen LogP contribution < -0.4 is 5.73 Å². The van der Waals surface area contributed by atoms with E-state index in [2.05, 4.69) is 9.97 Å². The molecule has 3 N–H and O–H groups in total. The van der Waals surface area contributed by atoms with Gasteiger partial charge in [0.1, 0.15) is 11.6 Å². The monoisotopic (exact) mass is 143 g/mol. The van der Waals surface area contributed by atoms with Gasteiger partial charge in [-0.15, -0.1) is 0 Å². The number of anilines is 1. The second-order valence-electron chi connectivity index (χ2n) is 2.66. The molecule has 1 heterocycles. The van der Waals surface area contributed by atoms with Gasteiger partial charge in [0, 0.05) is 0 Å². The van der Waals surface area contributed by atoms with Crippen molar-refractivity contribution in [2.24, 2.45) is 0 Å². The Bertz CT molecular complexity index is 223. The molecule has 0 aliphatic rings. The number of aromatic amines is 1. The number of imidazole rings is 1. The largest absolute Gasteiger partial charge is 0.384 e. The average Bonchev–Trinajstić information content (AvgIpc) is 2.11. The summed E-state index contributed by atoms with van der Waals surface area (Å²) < 4.78 is 13.0. The van der Waals surface area contributed by atoms with E-state index in [-0.39, 0.29) is 5.82 Å². The topological polar surface area (TPSA) is 54.7 Å². The highest BCUT2D eigenvalue weighted by atomic mass is 19.1. The van der Waals surface area contributed by atoms with Crippen LogP contribution in [-0.4, -0.2) is 9.97 Å². The lowest BCUT2D eigenvalue weighted by Crippen LogP contribution is -2.11. The first-order chi connectivity index (χ1) is 4.50. The Balaban J connectivity index is 2.96. The summed E-state index contributed by atoms with van der Waals surface area (Å²) in [4.78, 5) is 6.34. The molecule has 0 saturated carbocycles. The summed E-state index contributed by atoms with van der Waals surface area (Å²) in [5.41, 5.74) is 3.86. The molecule has 4 heteroatoms. The summed E-state index contributed by atoms with van der Waals surface area (Å²) in [5, 5.41) is 0. The molecule has 1 aromatic heterocycles. The first-order valence-corrected chi connectivity index (χ1v) is 3.00. The van der Waals surface area contributed by atoms with Gasteiger partial charge in [0.25, 0.3) is 0 Å². The van der Waals surface area contributed by atoms with E-state index in [0.29, 0.717) is 5.82 Å². The molecule has 0 bridgehead atoms. The highest BCUT2D eigenvalue weighted by Gasteiger charge is 2.21. The Morgan fingerprint density at radius 2 is 2.30 bits per heavy atom. The fourth-order valence-electron chi connectivity index (χ4n) is 0.637. The van der Waals surface area contributed by atoms with E-state index in [0.717, 1.165) is 0 Å². The molecule has 0 amide bonds. The molecule has 0 aliphatic carbocycles. The lowest BCUT2D eigenvalue weighted by molar-refractivity contribution is 0.208. The van der Waals surface area contributed by atoms with E-state index >= 15 is 0 Å². The van der Waals surface area contributed by atoms with Crippen molar-refractivity contribution >= 4 is 5.82 Å². The van der Waals surface area contributed by atoms with Crippen molar-refractivity contribution < 1.29 is 4.39 Å². The molecular formula is C6H10FN3. The van der Waals surface area contributed by atoms with E-state index in [1.165, 1.54) is 20.0 Å². The predicted octanol–water partition coefficient (Wildman–Crippen LogP) is 1.20. The van der Waals surface area contributed by atoms with Gasteiger partial charge in [0.05, 0.1) is 6.20 Å². The third-order valence-electron chi connectivity index (χ3n) is 1.16. The number of nitrogens with one attached hydrogen (secondary N) is 1. The number of nitrogens with two attached hydrogens (primary N) is 1. The number of alkyl halides is 1. The van der Waals surface area contributed by atoms with Gasteiger partial charge in [0.2, 0.25) is 0 Å². The van der Waals surface area contributed by atoms with Crippen LogP contribution in [0.25, 0.3) is 0 Å². The summed E-state index contributed by atoms with van der Waals surface area (Å²) in [5.74, 6) is 0.658. The zero-order valence-electron chi connectivity index (χ0n) is 5.98. The summed E-state index contributed by atoms with van der Waals surface area (Å²) in [7, 11) is 0. The second-order valence-corrected chi connectivity index (χ2v) is 2.66. The van der Waals surface area contributed by atoms with Crippen LogP contribution in [0.3, 0.4) is 0 Å². The number of halogens is 1. The lowest BCUT2D eigenvalue weighted by Gasteiger charge is -2.08. The minimum Gasteiger partial charge on any atom is -0.384 e. The zero-order chi connectivity index (χ0) is 7.78. The fraction of sp³-hybridized carbons (Fsp3) is 0.500. The minimum absolute atomic E-state index is 0.269. The van der Waals surface area contributed by atoms with Crippen LogP contribution in [-0.2, 0) is 5.67 Å². The van der Waals surface area contributed by atoms with Crippen LogP contribution in [0.4, 0.5) is 10.2 Å². The Kier molecular flexibility index (Phi) is 1.39. The molecule has 0 saturated heterocycles. The van der Waals surface area contributed by atoms with Crippen molar-refractivity contribution in [2.45, 2.75) is 19.5 Å². The summed E-state index contributed by atoms with van der Waals surface area (Å²) in [6.45, 7) is 2.84. The van der Waals surface area contributed by atoms with Gasteiger partial charge in [-0.3, -0.25) is 0 Å². The van der Waals surface area contributed by atoms with E-state index in [9.17, 15) is 4.39 Å². The number of aromatic nitrogens is 2. The van der Waals surface area contributed by atoms with Crippen molar-refractivity contribution in [1.29, 1.82) is 0 Å². The van der Waals surface area contributed by atoms with E-state index < -0.39 is 5.67 Å². The highest BCUT2D eigenvalue weighted by molar-refractivity contribution is 5.25. The first kappa shape index (κ1) is 7.05. The maximum absolute atomic E-state index is 13.0. The first-order valence-electron chi connectivity index (χ1n) is 3.00. The molecule has 3 nitrogen and oxygen atoms in total. The molecule has 0 unspecified atom stereocenters. The average molecular weight is 143 g/mol. The number of H-pyrrole nitrogens is 1. The van der Waals surface area contributed by atoms with Crippen LogP contribution in [0.1, 0.15) is 19.7 Å². The molecule has 0 radical (unpaired) electrons. The van der Waals surface area contributed by atoms with Crippen LogP contribution >= 0.6 is 0 Å². The standard InChI is InChI=1S/C6H10FN3/c1-6(2,7)5-9-3-4(8)10-5/h3H,8H2,1-2H3,(H,9,10). The van der Waals surface area contributed by atoms with Crippen molar-refractivity contribution in [3.63, 3.8) is 0 Å². The quantitative estimate of drug-likeness (QED) is 0.620. The van der Waals surface area contributed by atoms with Crippen LogP contribution in [0.2, 0.25) is 0 Å². The number of nitrogens with zero attached hydrogens (tertiary/aromatic N) is 1. The number of nitrogen functional groups attached to an aromatic ring is 1. The van der Waals surface area contributed by atoms with Gasteiger partial charge in [-0.05, 0) is 13.8 Å². The van der Waals surface area contributed by atoms with Gasteiger partial charge in [-0.1, -0.05) is 0 Å². The maximum Gasteiger partial charge on any atom is 0.162 e. The van der Waals surface area contributed by atoms with E-state index in [4.69, 9.17) is 5.73 Å². The number of rotatable bonds is 1. The maximum atomic E-state index is 13.0. The van der Waals surface area contributed by atoms with Gasteiger partial charge < -0.3 is 10.7 Å². The third-order valence-corrected chi connectivity index (χ3v) is 1.16. The number of hydrogen-bond acceptors (Lipinski definition) is 2. The second kappa shape index (κ2) is 1.97. The SMILES string of the molecule is CC(C)(F)c1ncc(N)[nH]1. The molecule has 0 fully saturated rings. The minimum atomic E-state index is -1.43. The Morgan fingerprint density at radius 1 is 1.70 bits per heavy atom. The molecule has 56 valence electrons. The summed E-state index contributed by atoms with van der Waals surface area (Å²) in [6.07, 6.45) is 1.40. The normalized spacial score (nSPS) is 11.9. The molecule has 10 heavy (non-hydrogen) atoms. The molecule has 0 spiro atoms.